The lowest BCUT2D eigenvalue weighted by molar-refractivity contribution is -0.143. The van der Waals surface area contributed by atoms with Crippen LogP contribution in [0.1, 0.15) is 40.8 Å². The van der Waals surface area contributed by atoms with Gasteiger partial charge in [0.25, 0.3) is 5.91 Å². The molecule has 0 bridgehead atoms. The third-order valence-electron chi connectivity index (χ3n) is 3.06. The topological polar surface area (TPSA) is 68.3 Å². The summed E-state index contributed by atoms with van der Waals surface area (Å²) in [6, 6.07) is 9.99. The second-order valence-corrected chi connectivity index (χ2v) is 5.96. The lowest BCUT2D eigenvalue weighted by atomic mass is 10.2. The Bertz CT molecular complexity index is 640. The van der Waals surface area contributed by atoms with E-state index in [1.807, 2.05) is 37.3 Å². The van der Waals surface area contributed by atoms with E-state index < -0.39 is 0 Å². The average molecular weight is 332 g/mol. The highest BCUT2D eigenvalue weighted by Gasteiger charge is 2.11. The highest BCUT2D eigenvalue weighted by molar-refractivity contribution is 7.09. The van der Waals surface area contributed by atoms with Crippen LogP contribution in [0.15, 0.2) is 35.7 Å². The second-order valence-electron chi connectivity index (χ2n) is 5.02. The zero-order valence-corrected chi connectivity index (χ0v) is 13.9. The van der Waals surface area contributed by atoms with Crippen LogP contribution in [-0.2, 0) is 16.0 Å². The Morgan fingerprint density at radius 2 is 2.04 bits per heavy atom. The number of ether oxygens (including phenoxy) is 1. The zero-order valence-electron chi connectivity index (χ0n) is 13.1. The van der Waals surface area contributed by atoms with Gasteiger partial charge in [0.15, 0.2) is 0 Å². The number of benzene rings is 1. The Balaban J connectivity index is 1.78. The van der Waals surface area contributed by atoms with Gasteiger partial charge in [0.05, 0.1) is 18.0 Å². The standard InChI is InChI=1S/C17H20N2O3S/c1-2-10-22-16(20)8-9-18-17(21)14-12-23-15(19-14)11-13-6-4-3-5-7-13/h3-7,12H,2,8-11H2,1H3,(H,18,21). The number of nitrogens with zero attached hydrogens (tertiary/aromatic N) is 1. The minimum Gasteiger partial charge on any atom is -0.466 e. The quantitative estimate of drug-likeness (QED) is 0.755. The number of rotatable bonds is 8. The molecule has 1 amide bonds. The van der Waals surface area contributed by atoms with E-state index in [4.69, 9.17) is 4.74 Å². The molecule has 0 fully saturated rings. The largest absolute Gasteiger partial charge is 0.466 e. The third kappa shape index (κ3) is 5.83. The van der Waals surface area contributed by atoms with Crippen LogP contribution in [0, 0.1) is 0 Å². The molecule has 0 spiro atoms. The van der Waals surface area contributed by atoms with Gasteiger partial charge < -0.3 is 10.1 Å². The first-order valence-electron chi connectivity index (χ1n) is 7.61. The van der Waals surface area contributed by atoms with Crippen LogP contribution in [0.3, 0.4) is 0 Å². The number of carbonyl (C=O) groups is 2. The molecule has 0 radical (unpaired) electrons. The molecule has 2 aromatic rings. The molecular weight excluding hydrogens is 312 g/mol. The zero-order chi connectivity index (χ0) is 16.5. The van der Waals surface area contributed by atoms with Crippen LogP contribution >= 0.6 is 11.3 Å². The molecule has 0 aliphatic carbocycles. The number of hydrogen-bond acceptors (Lipinski definition) is 5. The van der Waals surface area contributed by atoms with Gasteiger partial charge in [-0.25, -0.2) is 4.98 Å². The summed E-state index contributed by atoms with van der Waals surface area (Å²) in [5.41, 5.74) is 1.55. The maximum absolute atomic E-state index is 12.0. The van der Waals surface area contributed by atoms with E-state index in [-0.39, 0.29) is 24.8 Å². The Labute approximate surface area is 139 Å². The molecule has 1 N–H and O–H groups in total. The molecule has 0 atom stereocenters. The number of aromatic nitrogens is 1. The van der Waals surface area contributed by atoms with Crippen molar-refractivity contribution in [3.63, 3.8) is 0 Å². The lowest BCUT2D eigenvalue weighted by Crippen LogP contribution is -2.26. The Hall–Kier alpha value is -2.21. The van der Waals surface area contributed by atoms with Crippen molar-refractivity contribution in [3.05, 3.63) is 52.0 Å². The van der Waals surface area contributed by atoms with Crippen LogP contribution in [0.25, 0.3) is 0 Å². The van der Waals surface area contributed by atoms with Crippen LogP contribution < -0.4 is 5.32 Å². The van der Waals surface area contributed by atoms with E-state index in [1.165, 1.54) is 11.3 Å². The van der Waals surface area contributed by atoms with Crippen LogP contribution in [0.5, 0.6) is 0 Å². The van der Waals surface area contributed by atoms with Gasteiger partial charge in [-0.2, -0.15) is 0 Å². The Kier molecular flexibility index (Phi) is 6.75. The minimum absolute atomic E-state index is 0.173. The van der Waals surface area contributed by atoms with Crippen molar-refractivity contribution in [1.29, 1.82) is 0 Å². The molecule has 1 heterocycles. The summed E-state index contributed by atoms with van der Waals surface area (Å²) in [6.07, 6.45) is 1.68. The van der Waals surface area contributed by atoms with Gasteiger partial charge in [-0.15, -0.1) is 11.3 Å². The molecule has 0 aliphatic heterocycles. The molecule has 0 saturated carbocycles. The summed E-state index contributed by atoms with van der Waals surface area (Å²) in [5, 5.41) is 5.32. The number of esters is 1. The first-order chi connectivity index (χ1) is 11.2. The highest BCUT2D eigenvalue weighted by atomic mass is 32.1. The van der Waals surface area contributed by atoms with E-state index in [2.05, 4.69) is 10.3 Å². The molecule has 6 heteroatoms. The molecule has 1 aromatic heterocycles. The van der Waals surface area contributed by atoms with Crippen molar-refractivity contribution in [3.8, 4) is 0 Å². The van der Waals surface area contributed by atoms with Crippen LogP contribution in [0.2, 0.25) is 0 Å². The molecule has 5 nitrogen and oxygen atoms in total. The van der Waals surface area contributed by atoms with E-state index in [1.54, 1.807) is 5.38 Å². The van der Waals surface area contributed by atoms with Gasteiger partial charge in [0.2, 0.25) is 0 Å². The maximum atomic E-state index is 12.0. The average Bonchev–Trinajstić information content (AvgIpc) is 3.02. The molecule has 1 aromatic carbocycles. The molecule has 0 unspecified atom stereocenters. The van der Waals surface area contributed by atoms with Gasteiger partial charge in [0.1, 0.15) is 5.69 Å². The smallest absolute Gasteiger partial charge is 0.307 e. The van der Waals surface area contributed by atoms with Crippen molar-refractivity contribution in [2.24, 2.45) is 0 Å². The van der Waals surface area contributed by atoms with Crippen molar-refractivity contribution >= 4 is 23.2 Å². The number of nitrogens with one attached hydrogen (secondary N) is 1. The summed E-state index contributed by atoms with van der Waals surface area (Å²) >= 11 is 1.46. The fraction of sp³-hybridized carbons (Fsp3) is 0.353. The predicted molar refractivity (Wildman–Crippen MR) is 89.6 cm³/mol. The SMILES string of the molecule is CCCOC(=O)CCNC(=O)c1csc(Cc2ccccc2)n1. The van der Waals surface area contributed by atoms with Gasteiger partial charge in [0, 0.05) is 18.3 Å². The highest BCUT2D eigenvalue weighted by Crippen LogP contribution is 2.14. The number of thiazole rings is 1. The van der Waals surface area contributed by atoms with Gasteiger partial charge in [-0.1, -0.05) is 37.3 Å². The fourth-order valence-electron chi connectivity index (χ4n) is 1.92. The van der Waals surface area contributed by atoms with Crippen molar-refractivity contribution in [1.82, 2.24) is 10.3 Å². The Morgan fingerprint density at radius 3 is 2.78 bits per heavy atom. The third-order valence-corrected chi connectivity index (χ3v) is 3.91. The molecule has 0 aliphatic rings. The molecule has 2 rings (SSSR count). The normalized spacial score (nSPS) is 10.3. The first kappa shape index (κ1) is 17.1. The van der Waals surface area contributed by atoms with Crippen LogP contribution in [-0.4, -0.2) is 30.0 Å². The van der Waals surface area contributed by atoms with Crippen molar-refractivity contribution < 1.29 is 14.3 Å². The monoisotopic (exact) mass is 332 g/mol. The van der Waals surface area contributed by atoms with Crippen molar-refractivity contribution in [2.75, 3.05) is 13.2 Å². The Morgan fingerprint density at radius 1 is 1.26 bits per heavy atom. The number of hydrogen-bond donors (Lipinski definition) is 1. The van der Waals surface area contributed by atoms with Gasteiger partial charge in [-0.3, -0.25) is 9.59 Å². The fourth-order valence-corrected chi connectivity index (χ4v) is 2.73. The van der Waals surface area contributed by atoms with Crippen molar-refractivity contribution in [2.45, 2.75) is 26.2 Å². The van der Waals surface area contributed by atoms with E-state index in [0.29, 0.717) is 18.7 Å². The summed E-state index contributed by atoms with van der Waals surface area (Å²) in [4.78, 5) is 27.7. The number of amides is 1. The van der Waals surface area contributed by atoms with E-state index >= 15 is 0 Å². The lowest BCUT2D eigenvalue weighted by Gasteiger charge is -2.04. The summed E-state index contributed by atoms with van der Waals surface area (Å²) in [5.74, 6) is -0.556. The van der Waals surface area contributed by atoms with Gasteiger partial charge in [-0.05, 0) is 12.0 Å². The first-order valence-corrected chi connectivity index (χ1v) is 8.49. The summed E-state index contributed by atoms with van der Waals surface area (Å²) in [7, 11) is 0. The second kappa shape index (κ2) is 9.05. The van der Waals surface area contributed by atoms with E-state index in [9.17, 15) is 9.59 Å². The number of carbonyl (C=O) groups excluding carboxylic acids is 2. The van der Waals surface area contributed by atoms with Crippen LogP contribution in [0.4, 0.5) is 0 Å². The maximum Gasteiger partial charge on any atom is 0.307 e. The van der Waals surface area contributed by atoms with E-state index in [0.717, 1.165) is 17.0 Å². The summed E-state index contributed by atoms with van der Waals surface area (Å²) < 4.78 is 4.95. The van der Waals surface area contributed by atoms with Gasteiger partial charge >= 0.3 is 5.97 Å². The molecule has 0 saturated heterocycles. The predicted octanol–water partition coefficient (Wildman–Crippen LogP) is 2.81. The molecular formula is C17H20N2O3S. The molecule has 122 valence electrons. The summed E-state index contributed by atoms with van der Waals surface area (Å²) in [6.45, 7) is 2.61. The molecule has 23 heavy (non-hydrogen) atoms. The minimum atomic E-state index is -0.296.